The number of carboxylic acids is 2. The van der Waals surface area contributed by atoms with Crippen molar-refractivity contribution in [3.05, 3.63) is 68.6 Å². The number of phenolic OH excluding ortho intramolecular Hbond substituents is 2. The van der Waals surface area contributed by atoms with Gasteiger partial charge in [-0.2, -0.15) is 4.57 Å². The first-order valence-corrected chi connectivity index (χ1v) is 18.4. The molecular weight excluding hydrogens is 754 g/mol. The highest BCUT2D eigenvalue weighted by molar-refractivity contribution is 8.00. The monoisotopic (exact) mass is 786 g/mol. The van der Waals surface area contributed by atoms with Crippen molar-refractivity contribution in [3.8, 4) is 11.5 Å². The van der Waals surface area contributed by atoms with Gasteiger partial charge in [-0.15, -0.1) is 23.1 Å². The van der Waals surface area contributed by atoms with Gasteiger partial charge < -0.3 is 41.6 Å². The predicted octanol–water partition coefficient (Wildman–Crippen LogP) is 2.23. The predicted molar refractivity (Wildman–Crippen MR) is 192 cm³/mol. The highest BCUT2D eigenvalue weighted by Gasteiger charge is 2.55. The molecular formula is C33H33ClN7O10S2+. The van der Waals surface area contributed by atoms with Crippen LogP contribution in [0.1, 0.15) is 54.0 Å². The molecule has 3 aliphatic rings. The van der Waals surface area contributed by atoms with Crippen molar-refractivity contribution in [1.29, 1.82) is 0 Å². The smallest absolute Gasteiger partial charge is 0.352 e. The Kier molecular flexibility index (Phi) is 10.3. The number of nitrogens with zero attached hydrogens (tertiary/aromatic N) is 4. The van der Waals surface area contributed by atoms with Gasteiger partial charge in [0.2, 0.25) is 5.60 Å². The van der Waals surface area contributed by atoms with Crippen molar-refractivity contribution in [2.24, 2.45) is 5.16 Å². The molecule has 2 aliphatic heterocycles. The summed E-state index contributed by atoms with van der Waals surface area (Å²) in [4.78, 5) is 74.6. The third-order valence-corrected chi connectivity index (χ3v) is 11.3. The number of nitrogens with two attached hydrogens (primary N) is 1. The van der Waals surface area contributed by atoms with E-state index >= 15 is 0 Å². The van der Waals surface area contributed by atoms with E-state index in [0.29, 0.717) is 24.1 Å². The number of aromatic nitrogens is 2. The van der Waals surface area contributed by atoms with E-state index in [1.807, 2.05) is 4.57 Å². The normalized spacial score (nSPS) is 18.4. The third kappa shape index (κ3) is 7.18. The van der Waals surface area contributed by atoms with E-state index in [1.54, 1.807) is 12.3 Å². The minimum Gasteiger partial charge on any atom is -0.504 e. The van der Waals surface area contributed by atoms with Gasteiger partial charge in [-0.1, -0.05) is 16.8 Å². The van der Waals surface area contributed by atoms with Crippen LogP contribution in [0.4, 0.5) is 10.8 Å². The number of aromatic hydroxyl groups is 2. The summed E-state index contributed by atoms with van der Waals surface area (Å²) in [7, 11) is 0. The molecule has 0 spiro atoms. The summed E-state index contributed by atoms with van der Waals surface area (Å²) < 4.78 is 1.90. The van der Waals surface area contributed by atoms with Gasteiger partial charge >= 0.3 is 11.9 Å². The van der Waals surface area contributed by atoms with Crippen LogP contribution >= 0.6 is 34.7 Å². The van der Waals surface area contributed by atoms with E-state index in [-0.39, 0.29) is 39.4 Å². The van der Waals surface area contributed by atoms with Gasteiger partial charge in [0.15, 0.2) is 40.8 Å². The molecule has 6 rings (SSSR count). The lowest BCUT2D eigenvalue weighted by Gasteiger charge is -2.49. The number of phenols is 2. The summed E-state index contributed by atoms with van der Waals surface area (Å²) in [5.41, 5.74) is 5.98. The largest absolute Gasteiger partial charge is 0.504 e. The minimum atomic E-state index is -1.80. The average Bonchev–Trinajstić information content (AvgIpc) is 3.55. The molecule has 0 saturated carbocycles. The number of nitrogens with one attached hydrogen (secondary N) is 2. The first kappa shape index (κ1) is 37.4. The first-order valence-electron chi connectivity index (χ1n) is 16.1. The summed E-state index contributed by atoms with van der Waals surface area (Å²) in [6.07, 6.45) is 4.70. The van der Waals surface area contributed by atoms with E-state index in [4.69, 9.17) is 22.2 Å². The number of halogens is 1. The Morgan fingerprint density at radius 3 is 2.58 bits per heavy atom. The average molecular weight is 787 g/mol. The van der Waals surface area contributed by atoms with Crippen LogP contribution in [-0.4, -0.2) is 88.5 Å². The SMILES string of the molecule is CC(C)(O/N=C(\C(=O)N[C@@H]1C(=O)N2C(C(=O)O)=C(C[n+]3ccc(NC(=O)c4ccc(O)c(O)c4Cl)c4c3CCCC4)CS[C@H]12)c1csc(N)n1)C(=O)O. The van der Waals surface area contributed by atoms with Crippen LogP contribution in [-0.2, 0) is 43.4 Å². The summed E-state index contributed by atoms with van der Waals surface area (Å²) in [5.74, 6) is -5.68. The molecule has 20 heteroatoms. The Hall–Kier alpha value is -5.40. The number of oxime groups is 1. The molecule has 0 unspecified atom stereocenters. The quantitative estimate of drug-likeness (QED) is 0.0485. The number of carboxylic acid groups (broad SMARTS) is 2. The fourth-order valence-corrected chi connectivity index (χ4v) is 8.18. The van der Waals surface area contributed by atoms with Gasteiger partial charge in [-0.05, 0) is 45.2 Å². The van der Waals surface area contributed by atoms with E-state index in [1.165, 1.54) is 37.1 Å². The Morgan fingerprint density at radius 1 is 1.17 bits per heavy atom. The number of aliphatic carboxylic acids is 2. The van der Waals surface area contributed by atoms with E-state index in [9.17, 15) is 44.4 Å². The number of carbonyl (C=O) groups excluding carboxylic acids is 3. The molecule has 0 radical (unpaired) electrons. The zero-order valence-corrected chi connectivity index (χ0v) is 30.5. The zero-order chi connectivity index (χ0) is 38.4. The molecule has 1 aliphatic carbocycles. The molecule has 3 aromatic rings. The lowest BCUT2D eigenvalue weighted by molar-refractivity contribution is -0.697. The van der Waals surface area contributed by atoms with Crippen molar-refractivity contribution in [2.45, 2.75) is 63.1 Å². The van der Waals surface area contributed by atoms with Gasteiger partial charge in [0.1, 0.15) is 22.8 Å². The molecule has 0 bridgehead atoms. The number of hydrogen-bond acceptors (Lipinski definition) is 13. The number of benzene rings is 1. The molecule has 17 nitrogen and oxygen atoms in total. The maximum absolute atomic E-state index is 13.5. The number of thiazole rings is 1. The van der Waals surface area contributed by atoms with Crippen molar-refractivity contribution >= 4 is 80.9 Å². The van der Waals surface area contributed by atoms with Gasteiger partial charge in [0.05, 0.1) is 16.3 Å². The summed E-state index contributed by atoms with van der Waals surface area (Å²) in [6, 6.07) is 3.01. The lowest BCUT2D eigenvalue weighted by Crippen LogP contribution is -2.71. The number of thioether (sulfide) groups is 1. The van der Waals surface area contributed by atoms with Crippen LogP contribution in [0.5, 0.6) is 11.5 Å². The molecule has 2 atom stereocenters. The van der Waals surface area contributed by atoms with Crippen molar-refractivity contribution in [3.63, 3.8) is 0 Å². The minimum absolute atomic E-state index is 0.00564. The van der Waals surface area contributed by atoms with E-state index < -0.39 is 63.9 Å². The fraction of sp³-hybridized carbons (Fsp3) is 0.333. The topological polar surface area (TPSA) is 258 Å². The van der Waals surface area contributed by atoms with Crippen LogP contribution < -0.4 is 20.9 Å². The molecule has 3 amide bonds. The second-order valence-electron chi connectivity index (χ2n) is 12.8. The highest BCUT2D eigenvalue weighted by atomic mass is 35.5. The first-order chi connectivity index (χ1) is 25.1. The number of amides is 3. The maximum atomic E-state index is 13.5. The Bertz CT molecular complexity index is 2140. The van der Waals surface area contributed by atoms with Crippen molar-refractivity contribution in [1.82, 2.24) is 15.2 Å². The number of carbonyl (C=O) groups is 5. The van der Waals surface area contributed by atoms with E-state index in [2.05, 4.69) is 20.8 Å². The molecule has 53 heavy (non-hydrogen) atoms. The summed E-state index contributed by atoms with van der Waals surface area (Å²) in [6.45, 7) is 2.60. The molecule has 1 aromatic carbocycles. The van der Waals surface area contributed by atoms with Gasteiger partial charge in [0.25, 0.3) is 17.7 Å². The number of fused-ring (bicyclic) bond motifs is 2. The number of pyridine rings is 1. The van der Waals surface area contributed by atoms with Crippen molar-refractivity contribution < 1.29 is 53.8 Å². The number of nitrogen functional groups attached to an aromatic ring is 1. The third-order valence-electron chi connectivity index (χ3n) is 8.88. The summed E-state index contributed by atoms with van der Waals surface area (Å²) >= 11 is 8.38. The molecule has 1 saturated heterocycles. The van der Waals surface area contributed by atoms with Crippen LogP contribution in [0, 0.1) is 0 Å². The number of rotatable bonds is 11. The summed E-state index contributed by atoms with van der Waals surface area (Å²) in [5, 5.41) is 49.1. The second-order valence-corrected chi connectivity index (χ2v) is 15.1. The van der Waals surface area contributed by atoms with Crippen molar-refractivity contribution in [2.75, 3.05) is 16.8 Å². The number of anilines is 2. The Labute approximate surface area is 314 Å². The van der Waals surface area contributed by atoms with Crippen LogP contribution in [0.25, 0.3) is 0 Å². The second kappa shape index (κ2) is 14.6. The molecule has 2 aromatic heterocycles. The molecule has 8 N–H and O–H groups in total. The standard InChI is InChI=1S/C33H32ClN7O10S2/c1-33(2,31(49)50)51-39-22(18-13-53-32(35)37-18)27(45)38-23-28(46)41-24(30(47)48)14(12-52-29(23)41)11-40-10-9-17(15-5-3-4-6-19(15)40)36-26(44)16-7-8-20(42)25(43)21(16)34/h7-10,13,23,29H,3-6,11-12H2,1-2H3,(H7,35,37,38,39,42,43,44,45,47,48,49,50)/p+1/t23-,29-/m1/s1. The molecule has 1 fully saturated rings. The molecule has 4 heterocycles. The van der Waals surface area contributed by atoms with Gasteiger partial charge in [-0.3, -0.25) is 19.3 Å². The van der Waals surface area contributed by atoms with Crippen LogP contribution in [0.2, 0.25) is 5.02 Å². The number of hydrogen-bond donors (Lipinski definition) is 7. The maximum Gasteiger partial charge on any atom is 0.352 e. The van der Waals surface area contributed by atoms with E-state index in [0.717, 1.165) is 46.4 Å². The van der Waals surface area contributed by atoms with Gasteiger partial charge in [-0.25, -0.2) is 14.6 Å². The highest BCUT2D eigenvalue weighted by Crippen LogP contribution is 2.41. The fourth-order valence-electron chi connectivity index (χ4n) is 6.06. The van der Waals surface area contributed by atoms with Crippen LogP contribution in [0.15, 0.2) is 46.2 Å². The molecule has 278 valence electrons. The zero-order valence-electron chi connectivity index (χ0n) is 28.1. The van der Waals surface area contributed by atoms with Crippen LogP contribution in [0.3, 0.4) is 0 Å². The van der Waals surface area contributed by atoms with Gasteiger partial charge in [0, 0.05) is 34.8 Å². The number of β-lactam (4-membered cyclic amide) rings is 1. The lowest BCUT2D eigenvalue weighted by atomic mass is 9.93. The Morgan fingerprint density at radius 2 is 1.91 bits per heavy atom. The Balaban J connectivity index is 1.22.